The van der Waals surface area contributed by atoms with Gasteiger partial charge in [-0.15, -0.1) is 11.3 Å². The van der Waals surface area contributed by atoms with E-state index in [0.717, 1.165) is 20.0 Å². The molecule has 0 saturated carbocycles. The molecule has 0 amide bonds. The van der Waals surface area contributed by atoms with Gasteiger partial charge < -0.3 is 0 Å². The van der Waals surface area contributed by atoms with Gasteiger partial charge in [0.25, 0.3) is 0 Å². The number of benzene rings is 1. The molecule has 94 valence electrons. The van der Waals surface area contributed by atoms with Crippen LogP contribution in [0.5, 0.6) is 0 Å². The van der Waals surface area contributed by atoms with Crippen molar-refractivity contribution >= 4 is 45.3 Å². The van der Waals surface area contributed by atoms with Gasteiger partial charge in [-0.3, -0.25) is 5.43 Å². The molecular weight excluding hydrogens is 364 g/mol. The number of hydrogen-bond acceptors (Lipinski definition) is 4. The summed E-state index contributed by atoms with van der Waals surface area (Å²) in [5.41, 5.74) is 5.16. The Balaban J connectivity index is 2.09. The molecule has 2 aromatic rings. The second-order valence-electron chi connectivity index (χ2n) is 3.77. The molecule has 1 N–H and O–H groups in total. The molecule has 0 aliphatic heterocycles. The number of aromatic nitrogens is 1. The first-order chi connectivity index (χ1) is 8.56. The summed E-state index contributed by atoms with van der Waals surface area (Å²) in [6, 6.07) is 3.35. The molecule has 1 heterocycles. The average Bonchev–Trinajstić information content (AvgIpc) is 2.72. The predicted molar refractivity (Wildman–Crippen MR) is 81.9 cm³/mol. The molecule has 0 spiro atoms. The molecule has 0 aliphatic rings. The van der Waals surface area contributed by atoms with Gasteiger partial charge in [-0.05, 0) is 59.7 Å². The van der Waals surface area contributed by atoms with E-state index in [1.54, 1.807) is 13.1 Å². The number of aryl methyl sites for hydroxylation is 1. The summed E-state index contributed by atoms with van der Waals surface area (Å²) in [4.78, 5) is 4.21. The van der Waals surface area contributed by atoms with Crippen LogP contribution < -0.4 is 5.43 Å². The van der Waals surface area contributed by atoms with Crippen molar-refractivity contribution in [2.24, 2.45) is 5.10 Å². The van der Waals surface area contributed by atoms with E-state index in [0.29, 0.717) is 5.56 Å². The minimum absolute atomic E-state index is 0.214. The van der Waals surface area contributed by atoms with Crippen molar-refractivity contribution in [3.05, 3.63) is 43.7 Å². The Labute approximate surface area is 122 Å². The number of anilines is 1. The highest BCUT2D eigenvalue weighted by atomic mass is 127. The van der Waals surface area contributed by atoms with Crippen molar-refractivity contribution in [2.45, 2.75) is 13.8 Å². The van der Waals surface area contributed by atoms with Gasteiger partial charge in [-0.25, -0.2) is 9.37 Å². The Hall–Kier alpha value is -1.02. The van der Waals surface area contributed by atoms with Gasteiger partial charge in [0.15, 0.2) is 0 Å². The second-order valence-corrected chi connectivity index (χ2v) is 5.79. The Morgan fingerprint density at radius 3 is 2.83 bits per heavy atom. The molecule has 0 fully saturated rings. The van der Waals surface area contributed by atoms with Gasteiger partial charge in [0.1, 0.15) is 5.82 Å². The smallest absolute Gasteiger partial charge is 0.203 e. The van der Waals surface area contributed by atoms with E-state index >= 15 is 0 Å². The molecule has 1 aromatic carbocycles. The van der Waals surface area contributed by atoms with Crippen molar-refractivity contribution in [3.63, 3.8) is 0 Å². The Bertz CT molecular complexity index is 572. The van der Waals surface area contributed by atoms with E-state index in [9.17, 15) is 4.39 Å². The molecule has 1 aromatic heterocycles. The van der Waals surface area contributed by atoms with Gasteiger partial charge in [-0.2, -0.15) is 5.10 Å². The Morgan fingerprint density at radius 1 is 1.44 bits per heavy atom. The topological polar surface area (TPSA) is 37.3 Å². The molecule has 18 heavy (non-hydrogen) atoms. The number of halogens is 2. The Morgan fingerprint density at radius 2 is 2.22 bits per heavy atom. The number of hydrogen-bond donors (Lipinski definition) is 1. The minimum atomic E-state index is -0.214. The van der Waals surface area contributed by atoms with Crippen LogP contribution in [-0.4, -0.2) is 11.2 Å². The minimum Gasteiger partial charge on any atom is -0.253 e. The number of thiazole rings is 1. The van der Waals surface area contributed by atoms with Crippen LogP contribution >= 0.6 is 33.9 Å². The van der Waals surface area contributed by atoms with Crippen LogP contribution in [0.25, 0.3) is 0 Å². The van der Waals surface area contributed by atoms with Crippen LogP contribution in [0.3, 0.4) is 0 Å². The van der Waals surface area contributed by atoms with Gasteiger partial charge >= 0.3 is 0 Å². The van der Waals surface area contributed by atoms with Crippen LogP contribution in [-0.2, 0) is 0 Å². The maximum Gasteiger partial charge on any atom is 0.203 e. The van der Waals surface area contributed by atoms with E-state index in [2.05, 4.69) is 38.1 Å². The lowest BCUT2D eigenvalue weighted by Crippen LogP contribution is -1.94. The lowest BCUT2D eigenvalue weighted by Gasteiger charge is -2.01. The molecule has 0 saturated heterocycles. The molecule has 0 atom stereocenters. The highest BCUT2D eigenvalue weighted by Gasteiger charge is 2.03. The third-order valence-corrected chi connectivity index (χ3v) is 4.28. The summed E-state index contributed by atoms with van der Waals surface area (Å²) in [6.45, 7) is 3.68. The zero-order valence-corrected chi connectivity index (χ0v) is 12.8. The van der Waals surface area contributed by atoms with E-state index in [1.807, 2.05) is 18.4 Å². The third kappa shape index (κ3) is 3.26. The molecule has 0 bridgehead atoms. The summed E-state index contributed by atoms with van der Waals surface area (Å²) in [7, 11) is 0. The molecule has 0 radical (unpaired) electrons. The van der Waals surface area contributed by atoms with Crippen LogP contribution in [0.4, 0.5) is 9.52 Å². The number of rotatable bonds is 3. The fourth-order valence-corrected chi connectivity index (χ4v) is 2.56. The summed E-state index contributed by atoms with van der Waals surface area (Å²) in [5.74, 6) is -0.214. The van der Waals surface area contributed by atoms with Gasteiger partial charge in [-0.1, -0.05) is 0 Å². The van der Waals surface area contributed by atoms with Crippen LogP contribution in [0.2, 0.25) is 0 Å². The summed E-state index contributed by atoms with van der Waals surface area (Å²) < 4.78 is 14.4. The number of hydrazone groups is 1. The van der Waals surface area contributed by atoms with Crippen molar-refractivity contribution in [3.8, 4) is 0 Å². The highest BCUT2D eigenvalue weighted by Crippen LogP contribution is 2.17. The largest absolute Gasteiger partial charge is 0.253 e. The lowest BCUT2D eigenvalue weighted by atomic mass is 10.1. The highest BCUT2D eigenvalue weighted by molar-refractivity contribution is 14.1. The van der Waals surface area contributed by atoms with Crippen LogP contribution in [0.15, 0.2) is 22.6 Å². The summed E-state index contributed by atoms with van der Waals surface area (Å²) in [6.07, 6.45) is 1.58. The van der Waals surface area contributed by atoms with E-state index in [4.69, 9.17) is 0 Å². The standard InChI is InChI=1S/C12H11FIN3S/c1-7-6-18-12(16-7)17-15-5-9-3-10(13)8(2)11(14)4-9/h3-6H,1-2H3,(H,16,17). The molecular formula is C12H11FIN3S. The normalized spacial score (nSPS) is 11.1. The average molecular weight is 375 g/mol. The first kappa shape index (κ1) is 13.4. The van der Waals surface area contributed by atoms with Crippen molar-refractivity contribution in [2.75, 3.05) is 5.43 Å². The summed E-state index contributed by atoms with van der Waals surface area (Å²) in [5, 5.41) is 6.70. The molecule has 3 nitrogen and oxygen atoms in total. The van der Waals surface area contributed by atoms with Crippen LogP contribution in [0, 0.1) is 23.2 Å². The summed E-state index contributed by atoms with van der Waals surface area (Å²) >= 11 is 3.59. The zero-order valence-electron chi connectivity index (χ0n) is 9.87. The van der Waals surface area contributed by atoms with E-state index in [-0.39, 0.29) is 5.82 Å². The fourth-order valence-electron chi connectivity index (χ4n) is 1.31. The Kier molecular flexibility index (Phi) is 4.28. The van der Waals surface area contributed by atoms with E-state index < -0.39 is 0 Å². The monoisotopic (exact) mass is 375 g/mol. The van der Waals surface area contributed by atoms with Crippen molar-refractivity contribution in [1.82, 2.24) is 4.98 Å². The zero-order chi connectivity index (χ0) is 13.1. The molecule has 6 heteroatoms. The van der Waals surface area contributed by atoms with Crippen molar-refractivity contribution in [1.29, 1.82) is 0 Å². The second kappa shape index (κ2) is 5.75. The molecule has 0 aliphatic carbocycles. The fraction of sp³-hybridized carbons (Fsp3) is 0.167. The molecule has 2 rings (SSSR count). The van der Waals surface area contributed by atoms with Crippen LogP contribution in [0.1, 0.15) is 16.8 Å². The predicted octanol–water partition coefficient (Wildman–Crippen LogP) is 3.95. The SMILES string of the molecule is Cc1csc(NN=Cc2cc(F)c(C)c(I)c2)n1. The molecule has 0 unspecified atom stereocenters. The first-order valence-corrected chi connectivity index (χ1v) is 7.19. The number of nitrogens with zero attached hydrogens (tertiary/aromatic N) is 2. The lowest BCUT2D eigenvalue weighted by molar-refractivity contribution is 0.617. The van der Waals surface area contributed by atoms with Gasteiger partial charge in [0.2, 0.25) is 5.13 Å². The van der Waals surface area contributed by atoms with Gasteiger partial charge in [0.05, 0.1) is 11.9 Å². The van der Waals surface area contributed by atoms with E-state index in [1.165, 1.54) is 17.4 Å². The maximum absolute atomic E-state index is 13.5. The first-order valence-electron chi connectivity index (χ1n) is 5.23. The number of nitrogens with one attached hydrogen (secondary N) is 1. The third-order valence-electron chi connectivity index (χ3n) is 2.30. The van der Waals surface area contributed by atoms with Gasteiger partial charge in [0, 0.05) is 8.95 Å². The van der Waals surface area contributed by atoms with Crippen molar-refractivity contribution < 1.29 is 4.39 Å². The maximum atomic E-state index is 13.5. The quantitative estimate of drug-likeness (QED) is 0.501.